The average molecular weight is 359 g/mol. The van der Waals surface area contributed by atoms with E-state index in [1.807, 2.05) is 4.90 Å². The molecule has 2 aromatic rings. The molecule has 1 saturated heterocycles. The smallest absolute Gasteiger partial charge is 0.233 e. The maximum atomic E-state index is 12.3. The number of halogens is 2. The fourth-order valence-corrected chi connectivity index (χ4v) is 3.86. The van der Waals surface area contributed by atoms with Crippen molar-refractivity contribution in [2.75, 3.05) is 18.8 Å². The van der Waals surface area contributed by atoms with Crippen molar-refractivity contribution in [1.29, 1.82) is 0 Å². The summed E-state index contributed by atoms with van der Waals surface area (Å²) in [5, 5.41) is 9.73. The van der Waals surface area contributed by atoms with Crippen molar-refractivity contribution >= 4 is 46.5 Å². The third-order valence-corrected chi connectivity index (χ3v) is 5.09. The largest absolute Gasteiger partial charge is 0.342 e. The summed E-state index contributed by atoms with van der Waals surface area (Å²) in [5.74, 6) is 0.502. The first-order chi connectivity index (χ1) is 10.6. The molecular formula is C14H16Cl2N4OS. The summed E-state index contributed by atoms with van der Waals surface area (Å²) in [6.07, 6.45) is 6.32. The number of rotatable bonds is 3. The van der Waals surface area contributed by atoms with Gasteiger partial charge in [0.05, 0.1) is 15.8 Å². The number of likely N-dealkylation sites (tertiary alicyclic amines) is 1. The van der Waals surface area contributed by atoms with E-state index in [-0.39, 0.29) is 5.91 Å². The Balaban J connectivity index is 1.69. The van der Waals surface area contributed by atoms with Gasteiger partial charge in [0, 0.05) is 19.3 Å². The highest BCUT2D eigenvalue weighted by Crippen LogP contribution is 2.25. The van der Waals surface area contributed by atoms with Crippen molar-refractivity contribution in [2.24, 2.45) is 0 Å². The third-order valence-electron chi connectivity index (χ3n) is 3.68. The number of carbonyl (C=O) groups is 1. The van der Waals surface area contributed by atoms with Crippen molar-refractivity contribution in [3.63, 3.8) is 0 Å². The van der Waals surface area contributed by atoms with Crippen LogP contribution in [0.15, 0.2) is 17.4 Å². The van der Waals surface area contributed by atoms with E-state index in [0.29, 0.717) is 26.6 Å². The molecular weight excluding hydrogens is 343 g/mol. The second kappa shape index (κ2) is 7.06. The van der Waals surface area contributed by atoms with Crippen LogP contribution in [0.2, 0.25) is 10.0 Å². The highest BCUT2D eigenvalue weighted by Gasteiger charge is 2.17. The van der Waals surface area contributed by atoms with Crippen molar-refractivity contribution in [3.05, 3.63) is 22.3 Å². The van der Waals surface area contributed by atoms with E-state index in [9.17, 15) is 4.79 Å². The Labute approximate surface area is 143 Å². The Kier molecular flexibility index (Phi) is 5.10. The molecule has 1 fully saturated rings. The zero-order chi connectivity index (χ0) is 15.5. The topological polar surface area (TPSA) is 50.5 Å². The molecule has 0 aromatic carbocycles. The lowest BCUT2D eigenvalue weighted by Gasteiger charge is -2.19. The Morgan fingerprint density at radius 2 is 1.91 bits per heavy atom. The van der Waals surface area contributed by atoms with Gasteiger partial charge in [-0.2, -0.15) is 0 Å². The first kappa shape index (κ1) is 15.9. The monoisotopic (exact) mass is 358 g/mol. The van der Waals surface area contributed by atoms with Crippen LogP contribution < -0.4 is 0 Å². The molecule has 8 heteroatoms. The van der Waals surface area contributed by atoms with Gasteiger partial charge in [0.15, 0.2) is 10.8 Å². The second-order valence-corrected chi connectivity index (χ2v) is 7.05. The van der Waals surface area contributed by atoms with Crippen LogP contribution in [0.4, 0.5) is 0 Å². The predicted octanol–water partition coefficient (Wildman–Crippen LogP) is 3.53. The number of hydrogen-bond acceptors (Lipinski definition) is 4. The minimum absolute atomic E-state index is 0.150. The lowest BCUT2D eigenvalue weighted by atomic mass is 10.2. The first-order valence-corrected chi connectivity index (χ1v) is 8.99. The van der Waals surface area contributed by atoms with Gasteiger partial charge in [-0.15, -0.1) is 10.2 Å². The Bertz CT molecular complexity index is 683. The van der Waals surface area contributed by atoms with Crippen LogP contribution in [0.25, 0.3) is 5.65 Å². The molecule has 0 radical (unpaired) electrons. The normalized spacial score (nSPS) is 16.0. The number of nitrogens with zero attached hydrogens (tertiary/aromatic N) is 4. The fourth-order valence-electron chi connectivity index (χ4n) is 2.54. The van der Waals surface area contributed by atoms with Crippen LogP contribution in [0.3, 0.4) is 0 Å². The average Bonchev–Trinajstić information content (AvgIpc) is 2.72. The number of pyridine rings is 1. The molecule has 0 N–H and O–H groups in total. The van der Waals surface area contributed by atoms with Gasteiger partial charge in [-0.05, 0) is 18.9 Å². The zero-order valence-electron chi connectivity index (χ0n) is 12.0. The number of fused-ring (bicyclic) bond motifs is 1. The van der Waals surface area contributed by atoms with Crippen LogP contribution in [0.5, 0.6) is 0 Å². The summed E-state index contributed by atoms with van der Waals surface area (Å²) in [6, 6.07) is 1.63. The van der Waals surface area contributed by atoms with Gasteiger partial charge in [0.25, 0.3) is 0 Å². The van der Waals surface area contributed by atoms with E-state index in [2.05, 4.69) is 10.2 Å². The molecule has 0 saturated carbocycles. The van der Waals surface area contributed by atoms with Gasteiger partial charge in [0.1, 0.15) is 0 Å². The number of carbonyl (C=O) groups excluding carboxylic acids is 1. The summed E-state index contributed by atoms with van der Waals surface area (Å²) in [4.78, 5) is 14.3. The number of hydrogen-bond donors (Lipinski definition) is 0. The lowest BCUT2D eigenvalue weighted by Crippen LogP contribution is -2.33. The maximum absolute atomic E-state index is 12.3. The minimum Gasteiger partial charge on any atom is -0.342 e. The molecule has 1 amide bonds. The molecule has 0 spiro atoms. The van der Waals surface area contributed by atoms with E-state index >= 15 is 0 Å². The maximum Gasteiger partial charge on any atom is 0.233 e. The van der Waals surface area contributed by atoms with Crippen molar-refractivity contribution < 1.29 is 4.79 Å². The number of aromatic nitrogens is 3. The standard InChI is InChI=1S/C14H16Cl2N4OS/c15-10-7-11(16)13-17-18-14(20(13)8-10)22-9-12(21)19-5-3-1-2-4-6-19/h7-8H,1-6,9H2. The van der Waals surface area contributed by atoms with Crippen LogP contribution in [0.1, 0.15) is 25.7 Å². The molecule has 3 rings (SSSR count). The summed E-state index contributed by atoms with van der Waals surface area (Å²) in [5.41, 5.74) is 0.552. The van der Waals surface area contributed by atoms with Crippen LogP contribution in [-0.4, -0.2) is 44.2 Å². The lowest BCUT2D eigenvalue weighted by molar-refractivity contribution is -0.128. The molecule has 0 bridgehead atoms. The molecule has 0 atom stereocenters. The summed E-state index contributed by atoms with van der Waals surface area (Å²) in [6.45, 7) is 1.72. The first-order valence-electron chi connectivity index (χ1n) is 7.25. The molecule has 1 aliphatic rings. The SMILES string of the molecule is O=C(CSc1nnc2c(Cl)cc(Cl)cn12)N1CCCCCC1. The van der Waals surface area contributed by atoms with Crippen LogP contribution in [0, 0.1) is 0 Å². The molecule has 3 heterocycles. The summed E-state index contributed by atoms with van der Waals surface area (Å²) in [7, 11) is 0. The number of thioether (sulfide) groups is 1. The molecule has 118 valence electrons. The molecule has 1 aliphatic heterocycles. The Hall–Kier alpha value is -0.980. The highest BCUT2D eigenvalue weighted by molar-refractivity contribution is 7.99. The minimum atomic E-state index is 0.150. The molecule has 2 aromatic heterocycles. The van der Waals surface area contributed by atoms with Crippen molar-refractivity contribution in [1.82, 2.24) is 19.5 Å². The molecule has 0 unspecified atom stereocenters. The van der Waals surface area contributed by atoms with Crippen LogP contribution in [-0.2, 0) is 4.79 Å². The van der Waals surface area contributed by atoms with Gasteiger partial charge in [-0.25, -0.2) is 0 Å². The van der Waals surface area contributed by atoms with E-state index in [1.54, 1.807) is 16.7 Å². The second-order valence-electron chi connectivity index (χ2n) is 5.27. The molecule has 22 heavy (non-hydrogen) atoms. The Morgan fingerprint density at radius 1 is 1.18 bits per heavy atom. The van der Waals surface area contributed by atoms with E-state index in [1.165, 1.54) is 24.6 Å². The van der Waals surface area contributed by atoms with Crippen LogP contribution >= 0.6 is 35.0 Å². The van der Waals surface area contributed by atoms with E-state index in [0.717, 1.165) is 25.9 Å². The van der Waals surface area contributed by atoms with Gasteiger partial charge < -0.3 is 4.90 Å². The van der Waals surface area contributed by atoms with Gasteiger partial charge >= 0.3 is 0 Å². The zero-order valence-corrected chi connectivity index (χ0v) is 14.3. The van der Waals surface area contributed by atoms with Gasteiger partial charge in [-0.1, -0.05) is 47.8 Å². The fraction of sp³-hybridized carbons (Fsp3) is 0.500. The molecule has 5 nitrogen and oxygen atoms in total. The van der Waals surface area contributed by atoms with Crippen molar-refractivity contribution in [2.45, 2.75) is 30.8 Å². The molecule has 0 aliphatic carbocycles. The third kappa shape index (κ3) is 3.50. The highest BCUT2D eigenvalue weighted by atomic mass is 35.5. The van der Waals surface area contributed by atoms with Crippen molar-refractivity contribution in [3.8, 4) is 0 Å². The van der Waals surface area contributed by atoms with E-state index < -0.39 is 0 Å². The number of amides is 1. The predicted molar refractivity (Wildman–Crippen MR) is 88.8 cm³/mol. The van der Waals surface area contributed by atoms with Gasteiger partial charge in [0.2, 0.25) is 5.91 Å². The van der Waals surface area contributed by atoms with E-state index in [4.69, 9.17) is 23.2 Å². The summed E-state index contributed by atoms with van der Waals surface area (Å²) >= 11 is 13.5. The quantitative estimate of drug-likeness (QED) is 0.787. The summed E-state index contributed by atoms with van der Waals surface area (Å²) < 4.78 is 1.73. The Morgan fingerprint density at radius 3 is 2.64 bits per heavy atom. The van der Waals surface area contributed by atoms with Gasteiger partial charge in [-0.3, -0.25) is 9.20 Å².